The summed E-state index contributed by atoms with van der Waals surface area (Å²) in [6.07, 6.45) is -5.24. The largest absolute Gasteiger partial charge is 0.395 e. The third-order valence-electron chi connectivity index (χ3n) is 9.73. The quantitative estimate of drug-likeness (QED) is 0.0673. The van der Waals surface area contributed by atoms with Crippen LogP contribution in [0, 0.1) is 41.5 Å². The number of hydrogen-bond donors (Lipinski definition) is 12. The van der Waals surface area contributed by atoms with E-state index in [9.17, 15) is 69.6 Å². The molecule has 6 amide bonds. The van der Waals surface area contributed by atoms with E-state index in [1.165, 1.54) is 41.5 Å². The van der Waals surface area contributed by atoms with Gasteiger partial charge in [-0.3, -0.25) is 28.8 Å². The van der Waals surface area contributed by atoms with E-state index in [0.717, 1.165) is 9.80 Å². The number of nitrogens with zero attached hydrogens (tertiary/aromatic N) is 2. The molecule has 71 heavy (non-hydrogen) atoms. The lowest BCUT2D eigenvalue weighted by atomic mass is 9.89. The van der Waals surface area contributed by atoms with Gasteiger partial charge in [-0.25, -0.2) is 0 Å². The predicted octanol–water partition coefficient (Wildman–Crippen LogP) is 3.04. The highest BCUT2D eigenvalue weighted by molar-refractivity contribution is 6.08. The number of benzene rings is 2. The molecule has 2 aromatic rings. The highest BCUT2D eigenvalue weighted by Crippen LogP contribution is 2.36. The summed E-state index contributed by atoms with van der Waals surface area (Å²) in [5, 5.41) is 89.1. The van der Waals surface area contributed by atoms with Gasteiger partial charge in [0.05, 0.1) is 75.3 Å². The molecule has 412 valence electrons. The molecule has 0 spiro atoms. The molecule has 0 aliphatic carbocycles. The van der Waals surface area contributed by atoms with Gasteiger partial charge in [0.2, 0.25) is 12.8 Å². The van der Waals surface area contributed by atoms with Crippen molar-refractivity contribution in [2.24, 2.45) is 0 Å². The minimum absolute atomic E-state index is 0.000723. The van der Waals surface area contributed by atoms with Crippen LogP contribution < -0.4 is 31.1 Å². The number of amides is 6. The van der Waals surface area contributed by atoms with Gasteiger partial charge in [-0.1, -0.05) is 83.1 Å². The van der Waals surface area contributed by atoms with E-state index in [2.05, 4.69) is 21.3 Å². The molecule has 4 unspecified atom stereocenters. The second kappa shape index (κ2) is 43.7. The first-order valence-electron chi connectivity index (χ1n) is 24.9. The molecular weight excluding hydrogens is 921 g/mol. The zero-order valence-electron chi connectivity index (χ0n) is 46.2. The average Bonchev–Trinajstić information content (AvgIpc) is 3.38. The molecule has 0 heterocycles. The summed E-state index contributed by atoms with van der Waals surface area (Å²) >= 11 is 0. The van der Waals surface area contributed by atoms with Crippen LogP contribution in [0.2, 0.25) is 0 Å². The Labute approximate surface area is 424 Å². The van der Waals surface area contributed by atoms with E-state index < -0.39 is 80.8 Å². The molecule has 2 aromatic carbocycles. The molecule has 0 aromatic heterocycles. The van der Waals surface area contributed by atoms with Crippen LogP contribution in [0.3, 0.4) is 0 Å². The SMILES string of the molecule is CC.CC.CC.CC.CC.CC.Cc1c(C(=O)NCCO)c(C)c(N(C=O)CC(O)CC(O)CN(C=O)c2c(C)c(C(=O)NCCO)c(C)c(C(=O)NCC(O)CO)c2C)c(C)c1C(=O)NCC(O)CO. The highest BCUT2D eigenvalue weighted by Gasteiger charge is 2.31. The number of hydrogen-bond acceptors (Lipinski definition) is 14. The maximum Gasteiger partial charge on any atom is 0.252 e. The van der Waals surface area contributed by atoms with Crippen LogP contribution >= 0.6 is 0 Å². The average molecular weight is 1020 g/mol. The van der Waals surface area contributed by atoms with E-state index in [1.807, 2.05) is 83.1 Å². The second-order valence-electron chi connectivity index (χ2n) is 14.1. The van der Waals surface area contributed by atoms with Crippen molar-refractivity contribution in [2.75, 3.05) is 75.5 Å². The fraction of sp³-hybridized carbons (Fsp3) is 0.647. The summed E-state index contributed by atoms with van der Waals surface area (Å²) < 4.78 is 0. The molecule has 0 aliphatic rings. The van der Waals surface area contributed by atoms with Crippen LogP contribution in [0.1, 0.15) is 164 Å². The maximum atomic E-state index is 13.4. The number of carbonyl (C=O) groups is 6. The first-order chi connectivity index (χ1) is 33.9. The molecule has 20 nitrogen and oxygen atoms in total. The van der Waals surface area contributed by atoms with Crippen LogP contribution in [-0.2, 0) is 9.59 Å². The molecule has 0 bridgehead atoms. The normalized spacial score (nSPS) is 11.4. The molecule has 0 fully saturated rings. The summed E-state index contributed by atoms with van der Waals surface area (Å²) in [4.78, 5) is 80.8. The Hall–Kier alpha value is -5.06. The zero-order valence-corrected chi connectivity index (χ0v) is 46.2. The second-order valence-corrected chi connectivity index (χ2v) is 14.1. The minimum atomic E-state index is -1.48. The van der Waals surface area contributed by atoms with Crippen molar-refractivity contribution < 1.29 is 69.6 Å². The van der Waals surface area contributed by atoms with Gasteiger partial charge in [0.25, 0.3) is 23.6 Å². The van der Waals surface area contributed by atoms with Crippen LogP contribution in [-0.4, -0.2) is 167 Å². The third kappa shape index (κ3) is 23.4. The Balaban J connectivity index is -0.00000112. The predicted molar refractivity (Wildman–Crippen MR) is 283 cm³/mol. The number of aliphatic hydroxyl groups is 8. The van der Waals surface area contributed by atoms with Crippen molar-refractivity contribution in [3.63, 3.8) is 0 Å². The number of anilines is 2. The molecule has 0 aliphatic heterocycles. The van der Waals surface area contributed by atoms with E-state index in [-0.39, 0.29) is 106 Å². The van der Waals surface area contributed by atoms with E-state index in [1.54, 1.807) is 0 Å². The summed E-state index contributed by atoms with van der Waals surface area (Å²) in [5.74, 6) is -2.82. The first kappa shape index (κ1) is 74.9. The number of rotatable bonds is 24. The van der Waals surface area contributed by atoms with Crippen molar-refractivity contribution in [3.05, 3.63) is 55.6 Å². The fourth-order valence-electron chi connectivity index (χ4n) is 7.17. The smallest absolute Gasteiger partial charge is 0.252 e. The molecule has 20 heteroatoms. The Morgan fingerprint density at radius 1 is 0.423 bits per heavy atom. The van der Waals surface area contributed by atoms with Crippen LogP contribution in [0.25, 0.3) is 0 Å². The topological polar surface area (TPSA) is 319 Å². The standard InChI is InChI=1S/C39H58N6O14.6C2H6/c1-20-30(36(56)40-7-9-46)22(3)34(24(5)32(20)38(58)42-12-28(54)16-48)44(18-50)14-26(52)11-27(53)15-45(19-51)35-23(4)31(37(57)41-8-10-47)21(2)33(25(35)6)39(59)43-13-29(55)17-49;6*1-2/h18-19,26-29,46-49,52-55H,7-17H2,1-6H3,(H,40,56)(H,41,57)(H,42,58)(H,43,59);6*1-2H3. The highest BCUT2D eigenvalue weighted by atomic mass is 16.3. The first-order valence-corrected chi connectivity index (χ1v) is 24.9. The van der Waals surface area contributed by atoms with Crippen LogP contribution in [0.4, 0.5) is 11.4 Å². The summed E-state index contributed by atoms with van der Waals surface area (Å²) in [7, 11) is 0. The lowest BCUT2D eigenvalue weighted by Gasteiger charge is -2.30. The lowest BCUT2D eigenvalue weighted by molar-refractivity contribution is -0.108. The van der Waals surface area contributed by atoms with E-state index in [0.29, 0.717) is 12.8 Å². The third-order valence-corrected chi connectivity index (χ3v) is 9.73. The van der Waals surface area contributed by atoms with Crippen molar-refractivity contribution in [2.45, 2.75) is 155 Å². The Bertz CT molecular complexity index is 1720. The van der Waals surface area contributed by atoms with Gasteiger partial charge in [0, 0.05) is 54.9 Å². The number of aliphatic hydroxyl groups excluding tert-OH is 8. The molecular formula is C51H94N6O14. The van der Waals surface area contributed by atoms with Crippen molar-refractivity contribution in [1.82, 2.24) is 21.3 Å². The summed E-state index contributed by atoms with van der Waals surface area (Å²) in [6, 6.07) is 0. The fourth-order valence-corrected chi connectivity index (χ4v) is 7.17. The summed E-state index contributed by atoms with van der Waals surface area (Å²) in [6.45, 7) is 29.2. The lowest BCUT2D eigenvalue weighted by Crippen LogP contribution is -2.40. The molecule has 12 N–H and O–H groups in total. The van der Waals surface area contributed by atoms with Crippen LogP contribution in [0.15, 0.2) is 0 Å². The Morgan fingerprint density at radius 3 is 0.873 bits per heavy atom. The van der Waals surface area contributed by atoms with Gasteiger partial charge < -0.3 is 71.9 Å². The number of nitrogens with one attached hydrogen (secondary N) is 4. The zero-order chi connectivity index (χ0) is 56.7. The van der Waals surface area contributed by atoms with Gasteiger partial charge in [0.15, 0.2) is 0 Å². The van der Waals surface area contributed by atoms with Crippen molar-refractivity contribution in [3.8, 4) is 0 Å². The summed E-state index contributed by atoms with van der Waals surface area (Å²) in [5.41, 5.74) is 1.44. The van der Waals surface area contributed by atoms with Crippen LogP contribution in [0.5, 0.6) is 0 Å². The Morgan fingerprint density at radius 2 is 0.662 bits per heavy atom. The van der Waals surface area contributed by atoms with Gasteiger partial charge >= 0.3 is 0 Å². The number of carbonyl (C=O) groups excluding carboxylic acids is 6. The van der Waals surface area contributed by atoms with Gasteiger partial charge in [0.1, 0.15) is 0 Å². The Kier molecular flexibility index (Phi) is 46.1. The van der Waals surface area contributed by atoms with E-state index in [4.69, 9.17) is 0 Å². The van der Waals surface area contributed by atoms with Gasteiger partial charge in [-0.2, -0.15) is 0 Å². The van der Waals surface area contributed by atoms with Gasteiger partial charge in [-0.15, -0.1) is 0 Å². The molecule has 4 atom stereocenters. The minimum Gasteiger partial charge on any atom is -0.395 e. The molecule has 0 saturated carbocycles. The van der Waals surface area contributed by atoms with Gasteiger partial charge in [-0.05, 0) is 74.9 Å². The monoisotopic (exact) mass is 1010 g/mol. The van der Waals surface area contributed by atoms with Crippen molar-refractivity contribution in [1.29, 1.82) is 0 Å². The van der Waals surface area contributed by atoms with Crippen molar-refractivity contribution >= 4 is 47.8 Å². The maximum absolute atomic E-state index is 13.4. The van der Waals surface area contributed by atoms with E-state index >= 15 is 0 Å². The molecule has 0 saturated heterocycles. The molecule has 2 rings (SSSR count). The molecule has 0 radical (unpaired) electrons.